The van der Waals surface area contributed by atoms with Gasteiger partial charge in [0.15, 0.2) is 0 Å². The van der Waals surface area contributed by atoms with Gasteiger partial charge in [-0.15, -0.1) is 11.3 Å². The first-order valence-corrected chi connectivity index (χ1v) is 8.79. The number of nitrogens with zero attached hydrogens (tertiary/aromatic N) is 3. The van der Waals surface area contributed by atoms with Crippen LogP contribution < -0.4 is 0 Å². The number of piperidine rings is 1. The van der Waals surface area contributed by atoms with Crippen LogP contribution in [0.2, 0.25) is 0 Å². The largest absolute Gasteiger partial charge is 0.460 e. The molecular formula is C17H21N3O3S. The van der Waals surface area contributed by atoms with Crippen LogP contribution in [0.1, 0.15) is 34.9 Å². The van der Waals surface area contributed by atoms with Gasteiger partial charge in [-0.3, -0.25) is 14.3 Å². The normalized spacial score (nSPS) is 21.1. The summed E-state index contributed by atoms with van der Waals surface area (Å²) in [6, 6.07) is 1.69. The number of rotatable bonds is 4. The molecule has 0 N–H and O–H groups in total. The molecule has 6 nitrogen and oxygen atoms in total. The second-order valence-corrected chi connectivity index (χ2v) is 7.18. The maximum Gasteiger partial charge on any atom is 0.311 e. The highest BCUT2D eigenvalue weighted by atomic mass is 32.1. The molecule has 2 aromatic rings. The maximum absolute atomic E-state index is 12.7. The molecule has 1 fully saturated rings. The fourth-order valence-electron chi connectivity index (χ4n) is 3.13. The zero-order valence-corrected chi connectivity index (χ0v) is 14.9. The van der Waals surface area contributed by atoms with Gasteiger partial charge in [-0.1, -0.05) is 0 Å². The van der Waals surface area contributed by atoms with Gasteiger partial charge in [-0.25, -0.2) is 0 Å². The summed E-state index contributed by atoms with van der Waals surface area (Å²) in [7, 11) is 3.56. The molecule has 0 spiro atoms. The molecule has 0 bridgehead atoms. The van der Waals surface area contributed by atoms with Gasteiger partial charge in [-0.2, -0.15) is 5.10 Å². The minimum Gasteiger partial charge on any atom is -0.460 e. The van der Waals surface area contributed by atoms with E-state index in [0.29, 0.717) is 12.8 Å². The van der Waals surface area contributed by atoms with Crippen molar-refractivity contribution in [3.8, 4) is 0 Å². The molecule has 3 heterocycles. The number of aromatic nitrogens is 2. The third-order valence-electron chi connectivity index (χ3n) is 4.54. The molecule has 1 aliphatic heterocycles. The van der Waals surface area contributed by atoms with Crippen LogP contribution >= 0.6 is 11.3 Å². The topological polar surface area (TPSA) is 64.4 Å². The van der Waals surface area contributed by atoms with Gasteiger partial charge in [0.1, 0.15) is 6.61 Å². The van der Waals surface area contributed by atoms with Crippen molar-refractivity contribution in [2.24, 2.45) is 13.0 Å². The van der Waals surface area contributed by atoms with E-state index in [2.05, 4.69) is 5.10 Å². The molecule has 128 valence electrons. The van der Waals surface area contributed by atoms with Crippen molar-refractivity contribution in [3.05, 3.63) is 39.8 Å². The Balaban J connectivity index is 1.77. The second kappa shape index (κ2) is 6.76. The summed E-state index contributed by atoms with van der Waals surface area (Å²) in [5, 5.41) is 6.16. The summed E-state index contributed by atoms with van der Waals surface area (Å²) in [4.78, 5) is 27.5. The molecule has 3 rings (SSSR count). The molecule has 1 saturated heterocycles. The first-order valence-electron chi connectivity index (χ1n) is 7.91. The van der Waals surface area contributed by atoms with E-state index in [0.717, 1.165) is 16.0 Å². The van der Waals surface area contributed by atoms with E-state index in [1.807, 2.05) is 31.6 Å². The minimum absolute atomic E-state index is 0.0435. The van der Waals surface area contributed by atoms with Crippen LogP contribution in [-0.4, -0.2) is 33.6 Å². The highest BCUT2D eigenvalue weighted by Gasteiger charge is 2.40. The molecule has 24 heavy (non-hydrogen) atoms. The Bertz CT molecular complexity index is 752. The molecule has 2 atom stereocenters. The van der Waals surface area contributed by atoms with E-state index in [4.69, 9.17) is 4.74 Å². The lowest BCUT2D eigenvalue weighted by molar-refractivity contribution is -0.157. The van der Waals surface area contributed by atoms with Crippen LogP contribution in [0.4, 0.5) is 0 Å². The molecule has 0 aromatic carbocycles. The predicted molar refractivity (Wildman–Crippen MR) is 90.3 cm³/mol. The number of hydrogen-bond donors (Lipinski definition) is 0. The van der Waals surface area contributed by atoms with Gasteiger partial charge in [0.25, 0.3) is 0 Å². The molecule has 1 amide bonds. The van der Waals surface area contributed by atoms with Crippen molar-refractivity contribution in [1.29, 1.82) is 0 Å². The highest BCUT2D eigenvalue weighted by molar-refractivity contribution is 7.10. The van der Waals surface area contributed by atoms with E-state index in [9.17, 15) is 9.59 Å². The van der Waals surface area contributed by atoms with Crippen LogP contribution in [-0.2, 0) is 28.0 Å². The zero-order chi connectivity index (χ0) is 17.3. The van der Waals surface area contributed by atoms with Crippen LogP contribution in [0.5, 0.6) is 0 Å². The molecular weight excluding hydrogens is 326 g/mol. The number of carbonyl (C=O) groups excluding carboxylic acids is 2. The number of likely N-dealkylation sites (tertiary alicyclic amines) is 1. The number of thiophene rings is 1. The lowest BCUT2D eigenvalue weighted by Gasteiger charge is -2.37. The lowest BCUT2D eigenvalue weighted by Crippen LogP contribution is -2.43. The first kappa shape index (κ1) is 16.7. The third-order valence-corrected chi connectivity index (χ3v) is 5.54. The summed E-state index contributed by atoms with van der Waals surface area (Å²) in [6.45, 7) is 2.29. The second-order valence-electron chi connectivity index (χ2n) is 6.18. The zero-order valence-electron chi connectivity index (χ0n) is 14.1. The van der Waals surface area contributed by atoms with E-state index in [-0.39, 0.29) is 30.4 Å². The molecule has 0 saturated carbocycles. The summed E-state index contributed by atoms with van der Waals surface area (Å²) in [5.41, 5.74) is 2.00. The highest BCUT2D eigenvalue weighted by Crippen LogP contribution is 2.36. The Hall–Kier alpha value is -2.15. The first-order chi connectivity index (χ1) is 11.5. The fraction of sp³-hybridized carbons (Fsp3) is 0.471. The fourth-order valence-corrected chi connectivity index (χ4v) is 3.95. The number of carbonyl (C=O) groups is 2. The van der Waals surface area contributed by atoms with Crippen molar-refractivity contribution in [3.63, 3.8) is 0 Å². The quantitative estimate of drug-likeness (QED) is 0.797. The van der Waals surface area contributed by atoms with Crippen molar-refractivity contribution >= 4 is 23.2 Å². The SMILES string of the molecule is Cc1ccsc1COC(=O)[C@H]1CCC(=O)N(C)[C@@H]1c1cnn(C)c1. The van der Waals surface area contributed by atoms with Crippen LogP contribution in [0.15, 0.2) is 23.8 Å². The average molecular weight is 347 g/mol. The van der Waals surface area contributed by atoms with E-state index < -0.39 is 0 Å². The Morgan fingerprint density at radius 3 is 2.88 bits per heavy atom. The molecule has 2 aromatic heterocycles. The number of aryl methyl sites for hydroxylation is 2. The molecule has 0 unspecified atom stereocenters. The number of ether oxygens (including phenoxy) is 1. The number of esters is 1. The Kier molecular flexibility index (Phi) is 4.71. The molecule has 0 radical (unpaired) electrons. The smallest absolute Gasteiger partial charge is 0.311 e. The monoisotopic (exact) mass is 347 g/mol. The molecule has 0 aliphatic carbocycles. The van der Waals surface area contributed by atoms with E-state index in [1.54, 1.807) is 34.2 Å². The van der Waals surface area contributed by atoms with Crippen molar-refractivity contribution in [2.75, 3.05) is 7.05 Å². The standard InChI is InChI=1S/C17H21N3O3S/c1-11-6-7-24-14(11)10-23-17(22)13-4-5-15(21)20(3)16(13)12-8-18-19(2)9-12/h6-9,13,16H,4-5,10H2,1-3H3/t13-,16+/m0/s1. The van der Waals surface area contributed by atoms with Gasteiger partial charge in [-0.05, 0) is 30.4 Å². The summed E-state index contributed by atoms with van der Waals surface area (Å²) in [5.74, 6) is -0.574. The van der Waals surface area contributed by atoms with Crippen molar-refractivity contribution < 1.29 is 14.3 Å². The minimum atomic E-state index is -0.364. The Morgan fingerprint density at radius 1 is 1.46 bits per heavy atom. The summed E-state index contributed by atoms with van der Waals surface area (Å²) in [6.07, 6.45) is 4.43. The molecule has 7 heteroatoms. The maximum atomic E-state index is 12.7. The van der Waals surface area contributed by atoms with E-state index >= 15 is 0 Å². The van der Waals surface area contributed by atoms with Gasteiger partial charge >= 0.3 is 5.97 Å². The van der Waals surface area contributed by atoms with Crippen LogP contribution in [0.3, 0.4) is 0 Å². The number of hydrogen-bond acceptors (Lipinski definition) is 5. The summed E-state index contributed by atoms with van der Waals surface area (Å²) >= 11 is 1.58. The predicted octanol–water partition coefficient (Wildman–Crippen LogP) is 2.44. The average Bonchev–Trinajstić information content (AvgIpc) is 3.16. The Morgan fingerprint density at radius 2 is 2.25 bits per heavy atom. The Labute approximate surface area is 145 Å². The van der Waals surface area contributed by atoms with Gasteiger partial charge < -0.3 is 9.64 Å². The summed E-state index contributed by atoms with van der Waals surface area (Å²) < 4.78 is 7.24. The van der Waals surface area contributed by atoms with Gasteiger partial charge in [0.2, 0.25) is 5.91 Å². The van der Waals surface area contributed by atoms with Crippen molar-refractivity contribution in [2.45, 2.75) is 32.4 Å². The lowest BCUT2D eigenvalue weighted by atomic mass is 9.86. The van der Waals surface area contributed by atoms with Gasteiger partial charge in [0, 0.05) is 37.2 Å². The molecule has 1 aliphatic rings. The number of amides is 1. The van der Waals surface area contributed by atoms with Crippen LogP contribution in [0, 0.1) is 12.8 Å². The van der Waals surface area contributed by atoms with Gasteiger partial charge in [0.05, 0.1) is 18.2 Å². The van der Waals surface area contributed by atoms with E-state index in [1.165, 1.54) is 0 Å². The van der Waals surface area contributed by atoms with Crippen LogP contribution in [0.25, 0.3) is 0 Å². The van der Waals surface area contributed by atoms with Crippen molar-refractivity contribution in [1.82, 2.24) is 14.7 Å². The third kappa shape index (κ3) is 3.21.